The van der Waals surface area contributed by atoms with E-state index in [9.17, 15) is 14.7 Å². The molecule has 0 aliphatic carbocycles. The van der Waals surface area contributed by atoms with Gasteiger partial charge in [0.1, 0.15) is 11.5 Å². The first-order valence-electron chi connectivity index (χ1n) is 10.3. The van der Waals surface area contributed by atoms with Crippen molar-refractivity contribution in [2.24, 2.45) is 0 Å². The SMILES string of the molecule is CCOc1ccc(N2C(=O)C(=O)/C(=C(\O)c3ccc(Br)cc3)C2c2ccccc2C)cc1. The Kier molecular flexibility index (Phi) is 6.15. The Balaban J connectivity index is 1.91. The zero-order valence-electron chi connectivity index (χ0n) is 17.7. The van der Waals surface area contributed by atoms with Gasteiger partial charge in [-0.15, -0.1) is 0 Å². The lowest BCUT2D eigenvalue weighted by atomic mass is 9.92. The summed E-state index contributed by atoms with van der Waals surface area (Å²) in [5, 5.41) is 11.1. The number of amides is 1. The fourth-order valence-electron chi connectivity index (χ4n) is 3.92. The number of carbonyl (C=O) groups is 2. The molecule has 1 unspecified atom stereocenters. The van der Waals surface area contributed by atoms with Crippen molar-refractivity contribution in [3.8, 4) is 5.75 Å². The first-order chi connectivity index (χ1) is 15.4. The van der Waals surface area contributed by atoms with Gasteiger partial charge in [0, 0.05) is 15.7 Å². The van der Waals surface area contributed by atoms with Gasteiger partial charge in [-0.2, -0.15) is 0 Å². The summed E-state index contributed by atoms with van der Waals surface area (Å²) in [5.41, 5.74) is 2.78. The Morgan fingerprint density at radius 3 is 2.28 bits per heavy atom. The lowest BCUT2D eigenvalue weighted by molar-refractivity contribution is -0.132. The molecule has 0 saturated carbocycles. The Labute approximate surface area is 195 Å². The first-order valence-corrected chi connectivity index (χ1v) is 11.1. The topological polar surface area (TPSA) is 66.8 Å². The molecule has 1 aliphatic rings. The summed E-state index contributed by atoms with van der Waals surface area (Å²) in [6, 6.07) is 20.8. The number of anilines is 1. The minimum Gasteiger partial charge on any atom is -0.507 e. The molecule has 5 nitrogen and oxygen atoms in total. The van der Waals surface area contributed by atoms with Gasteiger partial charge >= 0.3 is 0 Å². The van der Waals surface area contributed by atoms with Crippen molar-refractivity contribution < 1.29 is 19.4 Å². The molecule has 1 fully saturated rings. The van der Waals surface area contributed by atoms with Crippen LogP contribution in [0.5, 0.6) is 5.75 Å². The Morgan fingerprint density at radius 1 is 1.00 bits per heavy atom. The highest BCUT2D eigenvalue weighted by atomic mass is 79.9. The minimum absolute atomic E-state index is 0.0699. The average molecular weight is 492 g/mol. The van der Waals surface area contributed by atoms with Crippen LogP contribution in [0, 0.1) is 6.92 Å². The summed E-state index contributed by atoms with van der Waals surface area (Å²) in [6.07, 6.45) is 0. The molecule has 32 heavy (non-hydrogen) atoms. The molecule has 1 heterocycles. The molecule has 1 atom stereocenters. The van der Waals surface area contributed by atoms with Crippen LogP contribution in [0.4, 0.5) is 5.69 Å². The van der Waals surface area contributed by atoms with Crippen LogP contribution < -0.4 is 9.64 Å². The lowest BCUT2D eigenvalue weighted by Crippen LogP contribution is -2.29. The summed E-state index contributed by atoms with van der Waals surface area (Å²) in [6.45, 7) is 4.35. The van der Waals surface area contributed by atoms with Crippen LogP contribution in [-0.4, -0.2) is 23.4 Å². The van der Waals surface area contributed by atoms with Crippen molar-refractivity contribution in [2.75, 3.05) is 11.5 Å². The van der Waals surface area contributed by atoms with Crippen molar-refractivity contribution in [3.63, 3.8) is 0 Å². The van der Waals surface area contributed by atoms with E-state index >= 15 is 0 Å². The molecule has 1 aliphatic heterocycles. The van der Waals surface area contributed by atoms with Gasteiger partial charge in [0.25, 0.3) is 11.7 Å². The summed E-state index contributed by atoms with van der Waals surface area (Å²) >= 11 is 3.38. The van der Waals surface area contributed by atoms with Crippen LogP contribution in [0.2, 0.25) is 0 Å². The van der Waals surface area contributed by atoms with E-state index in [-0.39, 0.29) is 11.3 Å². The monoisotopic (exact) mass is 491 g/mol. The van der Waals surface area contributed by atoms with Gasteiger partial charge in [0.15, 0.2) is 0 Å². The highest BCUT2D eigenvalue weighted by Gasteiger charge is 2.47. The van der Waals surface area contributed by atoms with Crippen molar-refractivity contribution in [1.82, 2.24) is 0 Å². The van der Waals surface area contributed by atoms with Crippen LogP contribution in [-0.2, 0) is 9.59 Å². The number of aliphatic hydroxyl groups excluding tert-OH is 1. The minimum atomic E-state index is -0.752. The molecule has 0 radical (unpaired) electrons. The van der Waals surface area contributed by atoms with Gasteiger partial charge in [-0.25, -0.2) is 0 Å². The third-order valence-corrected chi connectivity index (χ3v) is 6.00. The number of nitrogens with zero attached hydrogens (tertiary/aromatic N) is 1. The Bertz CT molecular complexity index is 1200. The summed E-state index contributed by atoms with van der Waals surface area (Å²) < 4.78 is 6.35. The maximum atomic E-state index is 13.2. The number of halogens is 1. The van der Waals surface area contributed by atoms with E-state index in [1.807, 2.05) is 38.1 Å². The molecule has 0 aromatic heterocycles. The lowest BCUT2D eigenvalue weighted by Gasteiger charge is -2.26. The predicted octanol–water partition coefficient (Wildman–Crippen LogP) is 5.78. The highest BCUT2D eigenvalue weighted by Crippen LogP contribution is 2.43. The Morgan fingerprint density at radius 2 is 1.66 bits per heavy atom. The molecule has 162 valence electrons. The second-order valence-corrected chi connectivity index (χ2v) is 8.38. The number of ketones is 1. The number of carbonyl (C=O) groups excluding carboxylic acids is 2. The number of hydrogen-bond acceptors (Lipinski definition) is 4. The third-order valence-electron chi connectivity index (χ3n) is 5.47. The van der Waals surface area contributed by atoms with Crippen LogP contribution in [0.25, 0.3) is 5.76 Å². The molecule has 4 rings (SSSR count). The van der Waals surface area contributed by atoms with E-state index in [0.29, 0.717) is 23.6 Å². The predicted molar refractivity (Wildman–Crippen MR) is 128 cm³/mol. The smallest absolute Gasteiger partial charge is 0.300 e. The zero-order valence-corrected chi connectivity index (χ0v) is 19.3. The normalized spacial score (nSPS) is 17.6. The molecule has 0 spiro atoms. The van der Waals surface area contributed by atoms with E-state index in [1.54, 1.807) is 48.5 Å². The maximum Gasteiger partial charge on any atom is 0.300 e. The number of aryl methyl sites for hydroxylation is 1. The van der Waals surface area contributed by atoms with E-state index in [4.69, 9.17) is 4.74 Å². The second-order valence-electron chi connectivity index (χ2n) is 7.46. The van der Waals surface area contributed by atoms with Crippen molar-refractivity contribution in [3.05, 3.63) is 99.5 Å². The van der Waals surface area contributed by atoms with Gasteiger partial charge < -0.3 is 9.84 Å². The summed E-state index contributed by atoms with van der Waals surface area (Å²) in [4.78, 5) is 27.8. The highest BCUT2D eigenvalue weighted by molar-refractivity contribution is 9.10. The van der Waals surface area contributed by atoms with Crippen LogP contribution in [0.3, 0.4) is 0 Å². The molecule has 6 heteroatoms. The Hall–Kier alpha value is -3.38. The molecule has 3 aromatic rings. The van der Waals surface area contributed by atoms with Gasteiger partial charge in [-0.3, -0.25) is 14.5 Å². The molecule has 1 saturated heterocycles. The quantitative estimate of drug-likeness (QED) is 0.279. The molecule has 0 bridgehead atoms. The number of aliphatic hydroxyl groups is 1. The van der Waals surface area contributed by atoms with E-state index in [0.717, 1.165) is 15.6 Å². The van der Waals surface area contributed by atoms with Crippen LogP contribution in [0.15, 0.2) is 82.8 Å². The van der Waals surface area contributed by atoms with E-state index < -0.39 is 17.7 Å². The van der Waals surface area contributed by atoms with Gasteiger partial charge in [-0.05, 0) is 61.4 Å². The van der Waals surface area contributed by atoms with Gasteiger partial charge in [0.05, 0.1) is 18.2 Å². The largest absolute Gasteiger partial charge is 0.507 e. The molecular weight excluding hydrogens is 470 g/mol. The number of ether oxygens (including phenoxy) is 1. The molecule has 1 amide bonds. The number of benzene rings is 3. The van der Waals surface area contributed by atoms with Crippen LogP contribution >= 0.6 is 15.9 Å². The second kappa shape index (κ2) is 9.01. The van der Waals surface area contributed by atoms with E-state index in [1.165, 1.54) is 4.90 Å². The van der Waals surface area contributed by atoms with Gasteiger partial charge in [-0.1, -0.05) is 52.3 Å². The maximum absolute atomic E-state index is 13.2. The number of rotatable bonds is 5. The van der Waals surface area contributed by atoms with Gasteiger partial charge in [0.2, 0.25) is 0 Å². The zero-order chi connectivity index (χ0) is 22.8. The standard InChI is InChI=1S/C26H22BrNO4/c1-3-32-20-14-12-19(13-15-20)28-23(21-7-5-4-6-16(21)2)22(25(30)26(28)31)24(29)17-8-10-18(27)11-9-17/h4-15,23,29H,3H2,1-2H3/b24-22-. The number of Topliss-reactive ketones (excluding diaryl/α,β-unsaturated/α-hetero) is 1. The molecular formula is C26H22BrNO4. The fourth-order valence-corrected chi connectivity index (χ4v) is 4.18. The van der Waals surface area contributed by atoms with E-state index in [2.05, 4.69) is 15.9 Å². The van der Waals surface area contributed by atoms with Crippen molar-refractivity contribution in [1.29, 1.82) is 0 Å². The first kappa shape index (κ1) is 21.8. The third kappa shape index (κ3) is 3.94. The van der Waals surface area contributed by atoms with Crippen molar-refractivity contribution >= 4 is 39.1 Å². The summed E-state index contributed by atoms with van der Waals surface area (Å²) in [5.74, 6) is -0.915. The van der Waals surface area contributed by atoms with Crippen LogP contribution in [0.1, 0.15) is 29.7 Å². The fraction of sp³-hybridized carbons (Fsp3) is 0.154. The average Bonchev–Trinajstić information content (AvgIpc) is 3.05. The number of hydrogen-bond donors (Lipinski definition) is 1. The molecule has 3 aromatic carbocycles. The summed E-state index contributed by atoms with van der Waals surface area (Å²) in [7, 11) is 0. The molecule has 1 N–H and O–H groups in total. The van der Waals surface area contributed by atoms with Crippen molar-refractivity contribution in [2.45, 2.75) is 19.9 Å².